The third kappa shape index (κ3) is 4.57. The van der Waals surface area contributed by atoms with Crippen molar-refractivity contribution in [2.45, 2.75) is 11.3 Å². The number of hydrogen-bond donors (Lipinski definition) is 0. The first-order valence-electron chi connectivity index (χ1n) is 9.51. The zero-order chi connectivity index (χ0) is 22.0. The number of nitriles is 1. The van der Waals surface area contributed by atoms with Crippen molar-refractivity contribution in [2.75, 3.05) is 31.1 Å². The Morgan fingerprint density at radius 1 is 1.16 bits per heavy atom. The molecular weight excluding hydrogens is 459 g/mol. The largest absolute Gasteiger partial charge is 0.345 e. The molecule has 1 saturated heterocycles. The predicted octanol–water partition coefficient (Wildman–Crippen LogP) is 3.91. The number of anilines is 1. The summed E-state index contributed by atoms with van der Waals surface area (Å²) in [5, 5.41) is 12.1. The van der Waals surface area contributed by atoms with Crippen molar-refractivity contribution in [3.8, 4) is 6.07 Å². The maximum absolute atomic E-state index is 13.3. The third-order valence-electron chi connectivity index (χ3n) is 5.04. The van der Waals surface area contributed by atoms with Gasteiger partial charge in [0.25, 0.3) is 0 Å². The molecule has 160 valence electrons. The van der Waals surface area contributed by atoms with Crippen LogP contribution in [-0.4, -0.2) is 43.9 Å². The lowest BCUT2D eigenvalue weighted by Gasteiger charge is -2.33. The summed E-state index contributed by atoms with van der Waals surface area (Å²) in [5.74, 6) is -0.449. The van der Waals surface area contributed by atoms with Crippen LogP contribution < -0.4 is 4.90 Å². The minimum absolute atomic E-state index is 0.0421. The topological polar surface area (TPSA) is 77.3 Å². The quantitative estimate of drug-likeness (QED) is 0.558. The number of thiazole rings is 1. The van der Waals surface area contributed by atoms with E-state index in [4.69, 9.17) is 11.6 Å². The third-order valence-corrected chi connectivity index (χ3v) is 8.24. The zero-order valence-corrected chi connectivity index (χ0v) is 18.7. The van der Waals surface area contributed by atoms with E-state index >= 15 is 0 Å². The van der Waals surface area contributed by atoms with Crippen molar-refractivity contribution < 1.29 is 12.8 Å². The Hall–Kier alpha value is -2.51. The standard InChI is InChI=1S/C21H18ClFN4O2S2/c22-18-12-15(5-6-19(18)23)11-17-14-30-21(25-17)26-7-9-27(10-8-26)31(28,29)20-4-2-1-3-16(20)13-24/h1-6,12,14H,7-11H2. The van der Waals surface area contributed by atoms with Gasteiger partial charge in [-0.1, -0.05) is 29.8 Å². The summed E-state index contributed by atoms with van der Waals surface area (Å²) in [7, 11) is -3.73. The molecule has 1 aliphatic rings. The first kappa shape index (κ1) is 21.7. The molecule has 4 rings (SSSR count). The molecule has 31 heavy (non-hydrogen) atoms. The van der Waals surface area contributed by atoms with Crippen molar-refractivity contribution >= 4 is 38.1 Å². The van der Waals surface area contributed by atoms with Gasteiger partial charge in [-0.25, -0.2) is 17.8 Å². The van der Waals surface area contributed by atoms with E-state index in [0.29, 0.717) is 32.6 Å². The fourth-order valence-corrected chi connectivity index (χ4v) is 6.07. The minimum Gasteiger partial charge on any atom is -0.345 e. The lowest BCUT2D eigenvalue weighted by atomic mass is 10.1. The number of hydrogen-bond acceptors (Lipinski definition) is 6. The van der Waals surface area contributed by atoms with Crippen LogP contribution in [0.15, 0.2) is 52.7 Å². The van der Waals surface area contributed by atoms with E-state index in [1.54, 1.807) is 24.3 Å². The van der Waals surface area contributed by atoms with E-state index in [1.807, 2.05) is 16.3 Å². The number of halogens is 2. The smallest absolute Gasteiger partial charge is 0.244 e. The highest BCUT2D eigenvalue weighted by Crippen LogP contribution is 2.27. The van der Waals surface area contributed by atoms with Gasteiger partial charge in [0.2, 0.25) is 10.0 Å². The van der Waals surface area contributed by atoms with Crippen LogP contribution in [0.1, 0.15) is 16.8 Å². The van der Waals surface area contributed by atoms with Crippen LogP contribution in [0.2, 0.25) is 5.02 Å². The van der Waals surface area contributed by atoms with Gasteiger partial charge >= 0.3 is 0 Å². The van der Waals surface area contributed by atoms with Gasteiger partial charge in [-0.3, -0.25) is 0 Å². The molecule has 0 N–H and O–H groups in total. The van der Waals surface area contributed by atoms with Crippen molar-refractivity contribution in [1.82, 2.24) is 9.29 Å². The van der Waals surface area contributed by atoms with Gasteiger partial charge in [0.05, 0.1) is 21.2 Å². The Balaban J connectivity index is 1.42. The van der Waals surface area contributed by atoms with Gasteiger partial charge < -0.3 is 4.90 Å². The van der Waals surface area contributed by atoms with Crippen LogP contribution in [0.25, 0.3) is 0 Å². The highest BCUT2D eigenvalue weighted by atomic mass is 35.5. The van der Waals surface area contributed by atoms with Gasteiger partial charge in [0, 0.05) is 38.0 Å². The molecule has 1 aliphatic heterocycles. The molecule has 10 heteroatoms. The Morgan fingerprint density at radius 3 is 2.61 bits per heavy atom. The van der Waals surface area contributed by atoms with Crippen LogP contribution in [0.5, 0.6) is 0 Å². The number of sulfonamides is 1. The Bertz CT molecular complexity index is 1250. The second-order valence-corrected chi connectivity index (χ2v) is 10.2. The van der Waals surface area contributed by atoms with Crippen LogP contribution in [0.3, 0.4) is 0 Å². The Kier molecular flexibility index (Phi) is 6.25. The molecule has 1 fully saturated rings. The molecule has 1 aromatic heterocycles. The average Bonchev–Trinajstić information content (AvgIpc) is 3.25. The number of benzene rings is 2. The molecular formula is C21H18ClFN4O2S2. The van der Waals surface area contributed by atoms with Crippen LogP contribution in [-0.2, 0) is 16.4 Å². The molecule has 0 spiro atoms. The van der Waals surface area contributed by atoms with Gasteiger partial charge in [0.1, 0.15) is 11.9 Å². The van der Waals surface area contributed by atoms with E-state index < -0.39 is 15.8 Å². The summed E-state index contributed by atoms with van der Waals surface area (Å²) in [4.78, 5) is 6.74. The molecule has 6 nitrogen and oxygen atoms in total. The fourth-order valence-electron chi connectivity index (χ4n) is 3.42. The number of piperazine rings is 1. The molecule has 0 radical (unpaired) electrons. The van der Waals surface area contributed by atoms with Gasteiger partial charge in [-0.15, -0.1) is 11.3 Å². The minimum atomic E-state index is -3.73. The predicted molar refractivity (Wildman–Crippen MR) is 118 cm³/mol. The summed E-state index contributed by atoms with van der Waals surface area (Å²) in [5.41, 5.74) is 1.87. The number of nitrogens with zero attached hydrogens (tertiary/aromatic N) is 4. The first-order valence-corrected chi connectivity index (χ1v) is 12.2. The molecule has 3 aromatic rings. The second-order valence-electron chi connectivity index (χ2n) is 7.05. The summed E-state index contributed by atoms with van der Waals surface area (Å²) < 4.78 is 40.7. The Labute approximate surface area is 189 Å². The first-order chi connectivity index (χ1) is 14.9. The molecule has 0 atom stereocenters. The molecule has 0 saturated carbocycles. The molecule has 0 aliphatic carbocycles. The Morgan fingerprint density at radius 2 is 1.90 bits per heavy atom. The molecule has 2 heterocycles. The maximum Gasteiger partial charge on any atom is 0.244 e. The zero-order valence-electron chi connectivity index (χ0n) is 16.3. The summed E-state index contributed by atoms with van der Waals surface area (Å²) in [6.45, 7) is 1.63. The fraction of sp³-hybridized carbons (Fsp3) is 0.238. The summed E-state index contributed by atoms with van der Waals surface area (Å²) in [6, 6.07) is 12.8. The van der Waals surface area contributed by atoms with E-state index in [9.17, 15) is 18.1 Å². The lowest BCUT2D eigenvalue weighted by Crippen LogP contribution is -2.48. The van der Waals surface area contributed by atoms with Gasteiger partial charge in [0.15, 0.2) is 5.13 Å². The SMILES string of the molecule is N#Cc1ccccc1S(=O)(=O)N1CCN(c2nc(Cc3ccc(F)c(Cl)c3)cs2)CC1. The van der Waals surface area contributed by atoms with Crippen LogP contribution >= 0.6 is 22.9 Å². The lowest BCUT2D eigenvalue weighted by molar-refractivity contribution is 0.384. The molecule has 0 unspecified atom stereocenters. The highest BCUT2D eigenvalue weighted by molar-refractivity contribution is 7.89. The number of rotatable bonds is 5. The average molecular weight is 477 g/mol. The van der Waals surface area contributed by atoms with E-state index in [1.165, 1.54) is 33.8 Å². The van der Waals surface area contributed by atoms with Crippen LogP contribution in [0.4, 0.5) is 9.52 Å². The number of aromatic nitrogens is 1. The van der Waals surface area contributed by atoms with Gasteiger partial charge in [-0.05, 0) is 29.8 Å². The highest BCUT2D eigenvalue weighted by Gasteiger charge is 2.31. The molecule has 0 bridgehead atoms. The van der Waals surface area contributed by atoms with Crippen molar-refractivity contribution in [3.63, 3.8) is 0 Å². The van der Waals surface area contributed by atoms with E-state index in [0.717, 1.165) is 16.4 Å². The second kappa shape index (κ2) is 8.93. The van der Waals surface area contributed by atoms with Crippen LogP contribution in [0, 0.1) is 17.1 Å². The molecule has 0 amide bonds. The van der Waals surface area contributed by atoms with E-state index in [2.05, 4.69) is 4.98 Å². The van der Waals surface area contributed by atoms with Crippen molar-refractivity contribution in [1.29, 1.82) is 5.26 Å². The van der Waals surface area contributed by atoms with Crippen molar-refractivity contribution in [2.24, 2.45) is 0 Å². The molecule has 2 aromatic carbocycles. The summed E-state index contributed by atoms with van der Waals surface area (Å²) in [6.07, 6.45) is 0.537. The normalized spacial score (nSPS) is 15.1. The monoisotopic (exact) mass is 476 g/mol. The van der Waals surface area contributed by atoms with Crippen molar-refractivity contribution in [3.05, 3.63) is 75.5 Å². The summed E-state index contributed by atoms with van der Waals surface area (Å²) >= 11 is 7.34. The van der Waals surface area contributed by atoms with Gasteiger partial charge in [-0.2, -0.15) is 9.57 Å². The van der Waals surface area contributed by atoms with E-state index in [-0.39, 0.29) is 15.5 Å². The maximum atomic E-state index is 13.3.